The zero-order chi connectivity index (χ0) is 18.9. The molecule has 1 fully saturated rings. The number of anilines is 2. The number of pyridine rings is 1. The minimum absolute atomic E-state index is 0.0411. The van der Waals surface area contributed by atoms with Gasteiger partial charge >= 0.3 is 6.18 Å². The quantitative estimate of drug-likeness (QED) is 0.826. The van der Waals surface area contributed by atoms with Crippen LogP contribution in [0, 0.1) is 11.3 Å². The maximum atomic E-state index is 13.0. The Hall–Kier alpha value is -2.83. The summed E-state index contributed by atoms with van der Waals surface area (Å²) in [5.74, 6) is 0.781. The fourth-order valence-corrected chi connectivity index (χ4v) is 2.88. The van der Waals surface area contributed by atoms with E-state index in [1.54, 1.807) is 23.9 Å². The van der Waals surface area contributed by atoms with E-state index in [9.17, 15) is 18.4 Å². The van der Waals surface area contributed by atoms with Crippen LogP contribution < -0.4 is 9.80 Å². The summed E-state index contributed by atoms with van der Waals surface area (Å²) in [6.07, 6.45) is -3.08. The van der Waals surface area contributed by atoms with E-state index in [0.717, 1.165) is 18.6 Å². The van der Waals surface area contributed by atoms with Crippen molar-refractivity contribution in [2.75, 3.05) is 37.0 Å². The zero-order valence-corrected chi connectivity index (χ0v) is 14.3. The number of aromatic nitrogens is 3. The van der Waals surface area contributed by atoms with Crippen LogP contribution in [-0.2, 0) is 6.18 Å². The molecule has 2 aromatic rings. The summed E-state index contributed by atoms with van der Waals surface area (Å²) in [6.45, 7) is 0.867. The summed E-state index contributed by atoms with van der Waals surface area (Å²) in [5, 5.41) is 13.1. The van der Waals surface area contributed by atoms with Crippen LogP contribution in [0.15, 0.2) is 16.7 Å². The third kappa shape index (κ3) is 3.56. The van der Waals surface area contributed by atoms with Crippen molar-refractivity contribution >= 4 is 11.8 Å². The van der Waals surface area contributed by atoms with Crippen molar-refractivity contribution in [1.82, 2.24) is 15.1 Å². The molecule has 0 aromatic carbocycles. The van der Waals surface area contributed by atoms with Crippen LogP contribution in [0.25, 0.3) is 0 Å². The molecule has 10 heteroatoms. The van der Waals surface area contributed by atoms with Crippen molar-refractivity contribution in [3.63, 3.8) is 0 Å². The topological polar surface area (TPSA) is 82.1 Å². The molecule has 0 spiro atoms. The van der Waals surface area contributed by atoms with Crippen LogP contribution in [0.5, 0.6) is 0 Å². The van der Waals surface area contributed by atoms with Gasteiger partial charge in [0.25, 0.3) is 5.95 Å². The van der Waals surface area contributed by atoms with Crippen LogP contribution in [0.3, 0.4) is 0 Å². The Morgan fingerprint density at radius 2 is 2.08 bits per heavy atom. The summed E-state index contributed by atoms with van der Waals surface area (Å²) in [6, 6.07) is 3.90. The summed E-state index contributed by atoms with van der Waals surface area (Å²) in [5.41, 5.74) is -0.903. The molecule has 0 saturated carbocycles. The van der Waals surface area contributed by atoms with Crippen LogP contribution in [0.1, 0.15) is 35.9 Å². The first kappa shape index (κ1) is 18.0. The largest absolute Gasteiger partial charge is 0.433 e. The van der Waals surface area contributed by atoms with Gasteiger partial charge in [-0.25, -0.2) is 4.98 Å². The molecule has 3 rings (SSSR count). The highest BCUT2D eigenvalue weighted by Crippen LogP contribution is 2.33. The molecule has 1 aliphatic rings. The van der Waals surface area contributed by atoms with Gasteiger partial charge in [-0.15, -0.1) is 0 Å². The lowest BCUT2D eigenvalue weighted by Crippen LogP contribution is -2.36. The lowest BCUT2D eigenvalue weighted by molar-refractivity contribution is -0.141. The number of hydrogen-bond donors (Lipinski definition) is 0. The second-order valence-electron chi connectivity index (χ2n) is 6.29. The van der Waals surface area contributed by atoms with Gasteiger partial charge in [-0.05, 0) is 30.1 Å². The molecule has 7 nitrogen and oxygen atoms in total. The Morgan fingerprint density at radius 3 is 2.69 bits per heavy atom. The van der Waals surface area contributed by atoms with Gasteiger partial charge in [0.2, 0.25) is 5.89 Å². The maximum Gasteiger partial charge on any atom is 0.433 e. The number of piperidine rings is 1. The first-order valence-electron chi connectivity index (χ1n) is 8.04. The van der Waals surface area contributed by atoms with Crippen LogP contribution in [-0.4, -0.2) is 42.3 Å². The van der Waals surface area contributed by atoms with E-state index in [2.05, 4.69) is 15.1 Å². The predicted molar refractivity (Wildman–Crippen MR) is 86.8 cm³/mol. The van der Waals surface area contributed by atoms with Crippen molar-refractivity contribution in [2.24, 2.45) is 0 Å². The molecule has 138 valence electrons. The lowest BCUT2D eigenvalue weighted by atomic mass is 9.97. The van der Waals surface area contributed by atoms with Gasteiger partial charge in [0.05, 0.1) is 11.5 Å². The molecule has 0 radical (unpaired) electrons. The van der Waals surface area contributed by atoms with Crippen LogP contribution in [0.2, 0.25) is 0 Å². The van der Waals surface area contributed by atoms with Gasteiger partial charge in [0, 0.05) is 27.2 Å². The summed E-state index contributed by atoms with van der Waals surface area (Å²) in [7, 11) is 3.57. The Labute approximate surface area is 148 Å². The molecule has 1 aliphatic heterocycles. The minimum Gasteiger partial charge on any atom is -0.355 e. The fraction of sp³-hybridized carbons (Fsp3) is 0.500. The van der Waals surface area contributed by atoms with E-state index in [0.29, 0.717) is 31.3 Å². The van der Waals surface area contributed by atoms with Gasteiger partial charge in [-0.3, -0.25) is 0 Å². The molecule has 26 heavy (non-hydrogen) atoms. The van der Waals surface area contributed by atoms with E-state index in [4.69, 9.17) is 4.52 Å². The first-order valence-corrected chi connectivity index (χ1v) is 8.04. The molecule has 0 amide bonds. The van der Waals surface area contributed by atoms with E-state index in [1.165, 1.54) is 0 Å². The van der Waals surface area contributed by atoms with E-state index in [-0.39, 0.29) is 17.3 Å². The molecule has 0 N–H and O–H groups in total. The fourth-order valence-electron chi connectivity index (χ4n) is 2.88. The number of halogens is 3. The zero-order valence-electron chi connectivity index (χ0n) is 14.3. The van der Waals surface area contributed by atoms with Gasteiger partial charge in [0.1, 0.15) is 17.6 Å². The number of alkyl halides is 3. The van der Waals surface area contributed by atoms with Gasteiger partial charge in [-0.1, -0.05) is 0 Å². The first-order chi connectivity index (χ1) is 12.3. The van der Waals surface area contributed by atoms with Crippen molar-refractivity contribution in [1.29, 1.82) is 5.26 Å². The molecule has 1 saturated heterocycles. The van der Waals surface area contributed by atoms with E-state index < -0.39 is 11.9 Å². The van der Waals surface area contributed by atoms with Crippen LogP contribution in [0.4, 0.5) is 24.9 Å². The monoisotopic (exact) mass is 366 g/mol. The standard InChI is InChI=1S/C16H17F3N6O/c1-24(2)15-22-14(26-23-15)11-4-3-7-25(9-11)13-10(8-20)5-6-12(21-13)16(17,18)19/h5-6,11H,3-4,7,9H2,1-2H3. The highest BCUT2D eigenvalue weighted by atomic mass is 19.4. The van der Waals surface area contributed by atoms with Gasteiger partial charge in [0.15, 0.2) is 0 Å². The lowest BCUT2D eigenvalue weighted by Gasteiger charge is -2.32. The minimum atomic E-state index is -4.56. The van der Waals surface area contributed by atoms with Crippen molar-refractivity contribution in [3.8, 4) is 6.07 Å². The molecule has 3 heterocycles. The molecule has 2 aromatic heterocycles. The highest BCUT2D eigenvalue weighted by molar-refractivity contribution is 5.55. The third-order valence-electron chi connectivity index (χ3n) is 4.19. The molecular weight excluding hydrogens is 349 g/mol. The van der Waals surface area contributed by atoms with Gasteiger partial charge < -0.3 is 14.3 Å². The SMILES string of the molecule is CN(C)c1noc(C2CCCN(c3nc(C(F)(F)F)ccc3C#N)C2)n1. The number of nitriles is 1. The number of hydrogen-bond acceptors (Lipinski definition) is 7. The summed E-state index contributed by atoms with van der Waals surface area (Å²) < 4.78 is 44.3. The van der Waals surface area contributed by atoms with E-state index in [1.807, 2.05) is 6.07 Å². The number of rotatable bonds is 3. The Kier molecular flexibility index (Phi) is 4.71. The van der Waals surface area contributed by atoms with E-state index >= 15 is 0 Å². The summed E-state index contributed by atoms with van der Waals surface area (Å²) >= 11 is 0. The van der Waals surface area contributed by atoms with Gasteiger partial charge in [-0.2, -0.15) is 23.4 Å². The predicted octanol–water partition coefficient (Wildman–Crippen LogP) is 2.81. The summed E-state index contributed by atoms with van der Waals surface area (Å²) in [4.78, 5) is 11.4. The molecular formula is C16H17F3N6O. The highest BCUT2D eigenvalue weighted by Gasteiger charge is 2.35. The molecule has 1 unspecified atom stereocenters. The maximum absolute atomic E-state index is 13.0. The Bertz CT molecular complexity index is 826. The Morgan fingerprint density at radius 1 is 1.31 bits per heavy atom. The van der Waals surface area contributed by atoms with Crippen molar-refractivity contribution < 1.29 is 17.7 Å². The average Bonchev–Trinajstić information content (AvgIpc) is 3.11. The van der Waals surface area contributed by atoms with Crippen molar-refractivity contribution in [3.05, 3.63) is 29.3 Å². The molecule has 0 aliphatic carbocycles. The van der Waals surface area contributed by atoms with Crippen molar-refractivity contribution in [2.45, 2.75) is 24.9 Å². The van der Waals surface area contributed by atoms with Crippen LogP contribution >= 0.6 is 0 Å². The normalized spacial score (nSPS) is 17.8. The second kappa shape index (κ2) is 6.82. The molecule has 1 atom stereocenters. The third-order valence-corrected chi connectivity index (χ3v) is 4.19. The molecule has 0 bridgehead atoms. The number of nitrogens with zero attached hydrogens (tertiary/aromatic N) is 6. The smallest absolute Gasteiger partial charge is 0.355 e. The second-order valence-corrected chi connectivity index (χ2v) is 6.29. The Balaban J connectivity index is 1.88. The average molecular weight is 366 g/mol.